The van der Waals surface area contributed by atoms with E-state index in [0.29, 0.717) is 35.7 Å². The first-order chi connectivity index (χ1) is 12.3. The Kier molecular flexibility index (Phi) is 5.02. The molecule has 0 aliphatic carbocycles. The Bertz CT molecular complexity index is 883. The largest absolute Gasteiger partial charge is 0.492 e. The van der Waals surface area contributed by atoms with Gasteiger partial charge in [-0.2, -0.15) is 5.26 Å². The molecule has 3 rings (SSSR count). The minimum absolute atomic E-state index is 0.213. The molecule has 0 unspecified atom stereocenters. The van der Waals surface area contributed by atoms with Crippen LogP contribution in [0.25, 0.3) is 5.69 Å². The van der Waals surface area contributed by atoms with Crippen LogP contribution in [0, 0.1) is 11.3 Å². The average molecular weight is 333 g/mol. The van der Waals surface area contributed by atoms with Crippen molar-refractivity contribution in [2.45, 2.75) is 0 Å². The number of nitriles is 1. The summed E-state index contributed by atoms with van der Waals surface area (Å²) in [4.78, 5) is 12.4. The van der Waals surface area contributed by atoms with Crippen LogP contribution in [0.5, 0.6) is 5.75 Å². The maximum atomic E-state index is 12.4. The number of ether oxygens (including phenoxy) is 1. The van der Waals surface area contributed by atoms with E-state index in [1.165, 1.54) is 0 Å². The summed E-state index contributed by atoms with van der Waals surface area (Å²) < 4.78 is 7.09. The van der Waals surface area contributed by atoms with E-state index in [4.69, 9.17) is 10.00 Å². The molecule has 7 nitrogen and oxygen atoms in total. The number of nitrogens with one attached hydrogen (secondary N) is 1. The SMILES string of the molecule is N#Cc1ccc(OCCNC(=O)c2ccccc2-n2ccnn2)cc1. The molecular weight excluding hydrogens is 318 g/mol. The number of hydrogen-bond acceptors (Lipinski definition) is 5. The second-order valence-corrected chi connectivity index (χ2v) is 5.11. The zero-order valence-corrected chi connectivity index (χ0v) is 13.3. The van der Waals surface area contributed by atoms with Gasteiger partial charge in [0.25, 0.3) is 5.91 Å². The number of para-hydroxylation sites is 1. The Morgan fingerprint density at radius 2 is 2.00 bits per heavy atom. The smallest absolute Gasteiger partial charge is 0.253 e. The zero-order valence-electron chi connectivity index (χ0n) is 13.3. The first kappa shape index (κ1) is 16.2. The van der Waals surface area contributed by atoms with Crippen LogP contribution in [0.1, 0.15) is 15.9 Å². The Balaban J connectivity index is 1.56. The van der Waals surface area contributed by atoms with Crippen LogP contribution >= 0.6 is 0 Å². The Morgan fingerprint density at radius 1 is 1.20 bits per heavy atom. The number of carbonyl (C=O) groups is 1. The van der Waals surface area contributed by atoms with E-state index in [2.05, 4.69) is 15.6 Å². The third kappa shape index (κ3) is 4.00. The van der Waals surface area contributed by atoms with Crippen molar-refractivity contribution in [3.63, 3.8) is 0 Å². The molecule has 7 heteroatoms. The lowest BCUT2D eigenvalue weighted by Gasteiger charge is -2.10. The molecule has 0 radical (unpaired) electrons. The Hall–Kier alpha value is -3.66. The summed E-state index contributed by atoms with van der Waals surface area (Å²) in [5.41, 5.74) is 1.74. The summed E-state index contributed by atoms with van der Waals surface area (Å²) >= 11 is 0. The van der Waals surface area contributed by atoms with Gasteiger partial charge in [-0.3, -0.25) is 4.79 Å². The molecule has 124 valence electrons. The lowest BCUT2D eigenvalue weighted by Crippen LogP contribution is -2.29. The topological polar surface area (TPSA) is 92.8 Å². The summed E-state index contributed by atoms with van der Waals surface area (Å²) in [7, 11) is 0. The van der Waals surface area contributed by atoms with Crippen molar-refractivity contribution in [2.75, 3.05) is 13.2 Å². The number of benzene rings is 2. The highest BCUT2D eigenvalue weighted by Gasteiger charge is 2.12. The van der Waals surface area contributed by atoms with Crippen LogP contribution in [-0.4, -0.2) is 34.1 Å². The number of nitrogens with zero attached hydrogens (tertiary/aromatic N) is 4. The normalized spacial score (nSPS) is 10.0. The molecule has 25 heavy (non-hydrogen) atoms. The van der Waals surface area contributed by atoms with Crippen molar-refractivity contribution in [3.8, 4) is 17.5 Å². The highest BCUT2D eigenvalue weighted by atomic mass is 16.5. The molecule has 0 aliphatic rings. The van der Waals surface area contributed by atoms with Crippen molar-refractivity contribution in [1.29, 1.82) is 5.26 Å². The molecule has 1 N–H and O–H groups in total. The van der Waals surface area contributed by atoms with Crippen LogP contribution in [0.3, 0.4) is 0 Å². The van der Waals surface area contributed by atoms with Crippen LogP contribution in [0.15, 0.2) is 60.9 Å². The van der Waals surface area contributed by atoms with Crippen molar-refractivity contribution in [3.05, 3.63) is 72.1 Å². The van der Waals surface area contributed by atoms with E-state index in [1.54, 1.807) is 59.5 Å². The molecule has 0 atom stereocenters. The van der Waals surface area contributed by atoms with Gasteiger partial charge < -0.3 is 10.1 Å². The third-order valence-corrected chi connectivity index (χ3v) is 3.46. The average Bonchev–Trinajstić information content (AvgIpc) is 3.20. The third-order valence-electron chi connectivity index (χ3n) is 3.46. The van der Waals surface area contributed by atoms with E-state index in [0.717, 1.165) is 0 Å². The van der Waals surface area contributed by atoms with E-state index < -0.39 is 0 Å². The molecule has 0 spiro atoms. The van der Waals surface area contributed by atoms with Crippen LogP contribution in [0.4, 0.5) is 0 Å². The molecule has 3 aromatic rings. The van der Waals surface area contributed by atoms with Crippen molar-refractivity contribution in [2.24, 2.45) is 0 Å². The molecular formula is C18H15N5O2. The van der Waals surface area contributed by atoms with E-state index in [9.17, 15) is 4.79 Å². The molecule has 0 bridgehead atoms. The van der Waals surface area contributed by atoms with Crippen molar-refractivity contribution in [1.82, 2.24) is 20.3 Å². The highest BCUT2D eigenvalue weighted by Crippen LogP contribution is 2.13. The summed E-state index contributed by atoms with van der Waals surface area (Å²) in [5.74, 6) is 0.436. The number of carbonyl (C=O) groups excluding carboxylic acids is 1. The predicted molar refractivity (Wildman–Crippen MR) is 90.3 cm³/mol. The summed E-state index contributed by atoms with van der Waals surface area (Å²) in [6.07, 6.45) is 3.24. The zero-order chi connectivity index (χ0) is 17.5. The Morgan fingerprint density at radius 3 is 2.72 bits per heavy atom. The van der Waals surface area contributed by atoms with Crippen LogP contribution in [0.2, 0.25) is 0 Å². The van der Waals surface area contributed by atoms with Gasteiger partial charge in [-0.05, 0) is 36.4 Å². The summed E-state index contributed by atoms with van der Waals surface area (Å²) in [6.45, 7) is 0.674. The van der Waals surface area contributed by atoms with E-state index in [-0.39, 0.29) is 5.91 Å². The number of amides is 1. The second-order valence-electron chi connectivity index (χ2n) is 5.11. The van der Waals surface area contributed by atoms with Gasteiger partial charge in [0.05, 0.1) is 41.8 Å². The van der Waals surface area contributed by atoms with Gasteiger partial charge in [0.1, 0.15) is 12.4 Å². The minimum atomic E-state index is -0.213. The van der Waals surface area contributed by atoms with Gasteiger partial charge in [0.15, 0.2) is 0 Å². The molecule has 0 fully saturated rings. The highest BCUT2D eigenvalue weighted by molar-refractivity contribution is 5.97. The van der Waals surface area contributed by atoms with Gasteiger partial charge in [-0.15, -0.1) is 5.10 Å². The van der Waals surface area contributed by atoms with Gasteiger partial charge in [-0.1, -0.05) is 17.3 Å². The monoisotopic (exact) mass is 333 g/mol. The van der Waals surface area contributed by atoms with Gasteiger partial charge in [0, 0.05) is 0 Å². The number of rotatable bonds is 6. The molecule has 1 heterocycles. The minimum Gasteiger partial charge on any atom is -0.492 e. The second kappa shape index (κ2) is 7.75. The summed E-state index contributed by atoms with van der Waals surface area (Å²) in [6, 6.07) is 16.0. The molecule has 1 amide bonds. The fourth-order valence-corrected chi connectivity index (χ4v) is 2.26. The fourth-order valence-electron chi connectivity index (χ4n) is 2.26. The number of hydrogen-bond donors (Lipinski definition) is 1. The lowest BCUT2D eigenvalue weighted by atomic mass is 10.1. The molecule has 1 aromatic heterocycles. The maximum absolute atomic E-state index is 12.4. The van der Waals surface area contributed by atoms with Gasteiger partial charge >= 0.3 is 0 Å². The van der Waals surface area contributed by atoms with Gasteiger partial charge in [0.2, 0.25) is 0 Å². The summed E-state index contributed by atoms with van der Waals surface area (Å²) in [5, 5.41) is 19.3. The van der Waals surface area contributed by atoms with E-state index in [1.807, 2.05) is 12.1 Å². The maximum Gasteiger partial charge on any atom is 0.253 e. The van der Waals surface area contributed by atoms with Crippen molar-refractivity contribution >= 4 is 5.91 Å². The van der Waals surface area contributed by atoms with E-state index >= 15 is 0 Å². The van der Waals surface area contributed by atoms with Crippen molar-refractivity contribution < 1.29 is 9.53 Å². The molecule has 0 saturated carbocycles. The molecule has 0 aliphatic heterocycles. The number of aromatic nitrogens is 3. The Labute approximate surface area is 144 Å². The standard InChI is InChI=1S/C18H15N5O2/c19-13-14-5-7-15(8-6-14)25-12-10-20-18(24)16-3-1-2-4-17(16)23-11-9-21-22-23/h1-9,11H,10,12H2,(H,20,24). The quantitative estimate of drug-likeness (QED) is 0.696. The molecule has 0 saturated heterocycles. The predicted octanol–water partition coefficient (Wildman–Crippen LogP) is 1.95. The lowest BCUT2D eigenvalue weighted by molar-refractivity contribution is 0.0947. The van der Waals surface area contributed by atoms with Crippen LogP contribution < -0.4 is 10.1 Å². The van der Waals surface area contributed by atoms with Crippen LogP contribution in [-0.2, 0) is 0 Å². The fraction of sp³-hybridized carbons (Fsp3) is 0.111. The first-order valence-electron chi connectivity index (χ1n) is 7.65. The van der Waals surface area contributed by atoms with Gasteiger partial charge in [-0.25, -0.2) is 4.68 Å². The first-order valence-corrected chi connectivity index (χ1v) is 7.65. The molecule has 2 aromatic carbocycles.